The zero-order valence-corrected chi connectivity index (χ0v) is 13.1. The minimum atomic E-state index is 0.222. The lowest BCUT2D eigenvalue weighted by atomic mass is 10.0. The lowest BCUT2D eigenvalue weighted by Gasteiger charge is -2.19. The predicted molar refractivity (Wildman–Crippen MR) is 88.2 cm³/mol. The highest BCUT2D eigenvalue weighted by Crippen LogP contribution is 2.30. The maximum absolute atomic E-state index is 5.52. The van der Waals surface area contributed by atoms with E-state index in [2.05, 4.69) is 55.6 Å². The Hall–Kier alpha value is -1.96. The average molecular weight is 281 g/mol. The van der Waals surface area contributed by atoms with Crippen LogP contribution in [0, 0.1) is 6.92 Å². The van der Waals surface area contributed by atoms with Crippen molar-refractivity contribution in [3.63, 3.8) is 0 Å². The molecule has 1 aliphatic carbocycles. The van der Waals surface area contributed by atoms with Crippen molar-refractivity contribution in [1.82, 2.24) is 0 Å². The second-order valence-corrected chi connectivity index (χ2v) is 5.95. The molecule has 1 N–H and O–H groups in total. The minimum absolute atomic E-state index is 0.222. The zero-order valence-electron chi connectivity index (χ0n) is 13.1. The van der Waals surface area contributed by atoms with Crippen molar-refractivity contribution < 1.29 is 4.74 Å². The van der Waals surface area contributed by atoms with Crippen LogP contribution in [0.3, 0.4) is 0 Å². The van der Waals surface area contributed by atoms with Crippen LogP contribution in [0.5, 0.6) is 5.75 Å². The number of anilines is 1. The summed E-state index contributed by atoms with van der Waals surface area (Å²) in [5.41, 5.74) is 6.64. The monoisotopic (exact) mass is 281 g/mol. The molecule has 1 aliphatic rings. The molecule has 0 aliphatic heterocycles. The number of hydrogen-bond acceptors (Lipinski definition) is 2. The van der Waals surface area contributed by atoms with Gasteiger partial charge < -0.3 is 10.1 Å². The van der Waals surface area contributed by atoms with E-state index in [1.54, 1.807) is 7.11 Å². The topological polar surface area (TPSA) is 21.3 Å². The van der Waals surface area contributed by atoms with Crippen LogP contribution in [0.15, 0.2) is 36.4 Å². The number of ether oxygens (including phenoxy) is 1. The molecule has 3 rings (SSSR count). The zero-order chi connectivity index (χ0) is 14.8. The standard InChI is InChI=1S/C19H23NO/c1-13-7-10-18(19(11-13)21-3)14(2)20-17-9-8-15-5-4-6-16(15)12-17/h7-12,14,20H,4-6H2,1-3H3. The van der Waals surface area contributed by atoms with E-state index in [9.17, 15) is 0 Å². The van der Waals surface area contributed by atoms with Gasteiger partial charge in [0.15, 0.2) is 0 Å². The number of methoxy groups -OCH3 is 1. The van der Waals surface area contributed by atoms with Gasteiger partial charge in [0.2, 0.25) is 0 Å². The first-order chi connectivity index (χ1) is 10.2. The third-order valence-electron chi connectivity index (χ3n) is 4.34. The molecule has 2 heteroatoms. The van der Waals surface area contributed by atoms with E-state index < -0.39 is 0 Å². The Labute approximate surface area is 127 Å². The van der Waals surface area contributed by atoms with E-state index >= 15 is 0 Å². The first-order valence-electron chi connectivity index (χ1n) is 7.70. The van der Waals surface area contributed by atoms with E-state index in [0.29, 0.717) is 0 Å². The second-order valence-electron chi connectivity index (χ2n) is 5.95. The fourth-order valence-electron chi connectivity index (χ4n) is 3.17. The van der Waals surface area contributed by atoms with Crippen molar-refractivity contribution >= 4 is 5.69 Å². The number of rotatable bonds is 4. The van der Waals surface area contributed by atoms with Crippen LogP contribution in [-0.2, 0) is 12.8 Å². The molecule has 0 radical (unpaired) electrons. The summed E-state index contributed by atoms with van der Waals surface area (Å²) in [7, 11) is 1.74. The summed E-state index contributed by atoms with van der Waals surface area (Å²) in [6, 6.07) is 13.4. The smallest absolute Gasteiger partial charge is 0.124 e. The van der Waals surface area contributed by atoms with E-state index in [0.717, 1.165) is 5.75 Å². The molecule has 0 aromatic heterocycles. The van der Waals surface area contributed by atoms with E-state index in [1.807, 2.05) is 0 Å². The first-order valence-corrected chi connectivity index (χ1v) is 7.70. The van der Waals surface area contributed by atoms with Crippen molar-refractivity contribution in [2.75, 3.05) is 12.4 Å². The molecule has 0 fully saturated rings. The van der Waals surface area contributed by atoms with Gasteiger partial charge in [0.05, 0.1) is 13.2 Å². The lowest BCUT2D eigenvalue weighted by molar-refractivity contribution is 0.407. The van der Waals surface area contributed by atoms with Crippen molar-refractivity contribution in [3.8, 4) is 5.75 Å². The van der Waals surface area contributed by atoms with Gasteiger partial charge in [-0.15, -0.1) is 0 Å². The van der Waals surface area contributed by atoms with Crippen LogP contribution in [-0.4, -0.2) is 7.11 Å². The third kappa shape index (κ3) is 2.90. The van der Waals surface area contributed by atoms with Crippen LogP contribution in [0.1, 0.15) is 41.6 Å². The van der Waals surface area contributed by atoms with E-state index in [-0.39, 0.29) is 6.04 Å². The van der Waals surface area contributed by atoms with Gasteiger partial charge in [-0.25, -0.2) is 0 Å². The van der Waals surface area contributed by atoms with Gasteiger partial charge in [-0.1, -0.05) is 18.2 Å². The second kappa shape index (κ2) is 5.80. The van der Waals surface area contributed by atoms with Gasteiger partial charge in [0.25, 0.3) is 0 Å². The Kier molecular flexibility index (Phi) is 3.87. The summed E-state index contributed by atoms with van der Waals surface area (Å²) in [6.45, 7) is 4.27. The highest BCUT2D eigenvalue weighted by atomic mass is 16.5. The van der Waals surface area contributed by atoms with Crippen LogP contribution >= 0.6 is 0 Å². The Balaban J connectivity index is 1.81. The highest BCUT2D eigenvalue weighted by Gasteiger charge is 2.14. The fourth-order valence-corrected chi connectivity index (χ4v) is 3.17. The van der Waals surface area contributed by atoms with Gasteiger partial charge in [0, 0.05) is 11.3 Å². The molecule has 0 spiro atoms. The Bertz CT molecular complexity index is 648. The van der Waals surface area contributed by atoms with Crippen molar-refractivity contribution in [2.24, 2.45) is 0 Å². The summed E-state index contributed by atoms with van der Waals surface area (Å²) in [6.07, 6.45) is 3.74. The summed E-state index contributed by atoms with van der Waals surface area (Å²) in [5.74, 6) is 0.955. The lowest BCUT2D eigenvalue weighted by Crippen LogP contribution is -2.08. The maximum atomic E-state index is 5.52. The quantitative estimate of drug-likeness (QED) is 0.879. The van der Waals surface area contributed by atoms with E-state index in [1.165, 1.54) is 47.2 Å². The van der Waals surface area contributed by atoms with Gasteiger partial charge in [-0.2, -0.15) is 0 Å². The van der Waals surface area contributed by atoms with Crippen molar-refractivity contribution in [1.29, 1.82) is 0 Å². The Morgan fingerprint density at radius 2 is 1.86 bits per heavy atom. The third-order valence-corrected chi connectivity index (χ3v) is 4.34. The molecule has 21 heavy (non-hydrogen) atoms. The van der Waals surface area contributed by atoms with Crippen LogP contribution in [0.2, 0.25) is 0 Å². The first kappa shape index (κ1) is 14.0. The minimum Gasteiger partial charge on any atom is -0.496 e. The molecule has 0 bridgehead atoms. The summed E-state index contributed by atoms with van der Waals surface area (Å²) < 4.78 is 5.52. The maximum Gasteiger partial charge on any atom is 0.124 e. The summed E-state index contributed by atoms with van der Waals surface area (Å²) in [4.78, 5) is 0. The van der Waals surface area contributed by atoms with Gasteiger partial charge >= 0.3 is 0 Å². The predicted octanol–water partition coefficient (Wildman–Crippen LogP) is 4.67. The van der Waals surface area contributed by atoms with Gasteiger partial charge in [0.1, 0.15) is 5.75 Å². The van der Waals surface area contributed by atoms with E-state index in [4.69, 9.17) is 4.74 Å². The van der Waals surface area contributed by atoms with Crippen LogP contribution in [0.25, 0.3) is 0 Å². The molecule has 2 aromatic rings. The molecule has 1 unspecified atom stereocenters. The molecular weight excluding hydrogens is 258 g/mol. The highest BCUT2D eigenvalue weighted by molar-refractivity contribution is 5.52. The number of nitrogens with one attached hydrogen (secondary N) is 1. The largest absolute Gasteiger partial charge is 0.496 e. The number of hydrogen-bond donors (Lipinski definition) is 1. The average Bonchev–Trinajstić information content (AvgIpc) is 2.94. The number of aryl methyl sites for hydroxylation is 3. The normalized spacial score (nSPS) is 14.6. The number of benzene rings is 2. The van der Waals surface area contributed by atoms with Gasteiger partial charge in [-0.3, -0.25) is 0 Å². The molecule has 2 aromatic carbocycles. The SMILES string of the molecule is COc1cc(C)ccc1C(C)Nc1ccc2c(c1)CCC2. The summed E-state index contributed by atoms with van der Waals surface area (Å²) >= 11 is 0. The fraction of sp³-hybridized carbons (Fsp3) is 0.368. The molecule has 0 saturated carbocycles. The van der Waals surface area contributed by atoms with Crippen LogP contribution in [0.4, 0.5) is 5.69 Å². The molecule has 2 nitrogen and oxygen atoms in total. The van der Waals surface area contributed by atoms with Crippen LogP contribution < -0.4 is 10.1 Å². The molecule has 0 amide bonds. The number of fused-ring (bicyclic) bond motifs is 1. The molecule has 0 saturated heterocycles. The van der Waals surface area contributed by atoms with Crippen molar-refractivity contribution in [3.05, 3.63) is 58.7 Å². The molecule has 110 valence electrons. The Morgan fingerprint density at radius 3 is 2.67 bits per heavy atom. The molecule has 1 atom stereocenters. The van der Waals surface area contributed by atoms with Gasteiger partial charge in [-0.05, 0) is 68.0 Å². The molecular formula is C19H23NO. The Morgan fingerprint density at radius 1 is 1.05 bits per heavy atom. The summed E-state index contributed by atoms with van der Waals surface area (Å²) in [5, 5.41) is 3.60. The van der Waals surface area contributed by atoms with Crippen molar-refractivity contribution in [2.45, 2.75) is 39.2 Å². The molecule has 0 heterocycles.